The summed E-state index contributed by atoms with van der Waals surface area (Å²) < 4.78 is 34.1. The third-order valence-corrected chi connectivity index (χ3v) is 11.6. The molecule has 0 aliphatic rings. The highest BCUT2D eigenvalue weighted by Gasteiger charge is 2.22. The van der Waals surface area contributed by atoms with Gasteiger partial charge in [0, 0.05) is 12.8 Å². The van der Waals surface area contributed by atoms with Gasteiger partial charge < -0.3 is 27.9 Å². The van der Waals surface area contributed by atoms with Crippen molar-refractivity contribution in [3.8, 4) is 0 Å². The molecule has 0 fully saturated rings. The molecule has 310 valence electrons. The van der Waals surface area contributed by atoms with E-state index in [0.29, 0.717) is 17.4 Å². The Labute approximate surface area is 335 Å². The second-order valence-corrected chi connectivity index (χ2v) is 17.9. The minimum atomic E-state index is -4.66. The van der Waals surface area contributed by atoms with Crippen LogP contribution in [0.5, 0.6) is 0 Å². The summed E-state index contributed by atoms with van der Waals surface area (Å²) in [6.07, 6.45) is 18.4. The summed E-state index contributed by atoms with van der Waals surface area (Å²) >= 11 is 0. The quantitative estimate of drug-likeness (QED) is 0.0169. The Morgan fingerprint density at radius 1 is 0.643 bits per heavy atom. The zero-order valence-corrected chi connectivity index (χ0v) is 35.6. The maximum Gasteiger partial charge on any atom is 0.306 e. The number of likely N-dealkylation sites (N-methyl/N-ethyl adjacent to an activating group) is 1. The van der Waals surface area contributed by atoms with Crippen molar-refractivity contribution in [1.29, 1.82) is 0 Å². The third-order valence-electron chi connectivity index (χ3n) is 10.6. The van der Waals surface area contributed by atoms with Crippen molar-refractivity contribution in [3.63, 3.8) is 0 Å². The van der Waals surface area contributed by atoms with Crippen molar-refractivity contribution < 1.29 is 42.1 Å². The molecule has 0 N–H and O–H groups in total. The number of benzene rings is 4. The molecule has 9 nitrogen and oxygen atoms in total. The Hall–Kier alpha value is -3.07. The van der Waals surface area contributed by atoms with E-state index in [1.165, 1.54) is 102 Å². The minimum Gasteiger partial charge on any atom is -0.756 e. The number of esters is 2. The van der Waals surface area contributed by atoms with Crippen LogP contribution < -0.4 is 4.89 Å². The van der Waals surface area contributed by atoms with E-state index in [1.54, 1.807) is 0 Å². The summed E-state index contributed by atoms with van der Waals surface area (Å²) in [5, 5.41) is 7.62. The molecule has 0 aromatic heterocycles. The molecule has 0 aliphatic heterocycles. The zero-order valence-electron chi connectivity index (χ0n) is 34.7. The van der Waals surface area contributed by atoms with Gasteiger partial charge in [-0.15, -0.1) is 0 Å². The van der Waals surface area contributed by atoms with E-state index in [-0.39, 0.29) is 26.1 Å². The smallest absolute Gasteiger partial charge is 0.306 e. The van der Waals surface area contributed by atoms with E-state index < -0.39 is 32.5 Å². The van der Waals surface area contributed by atoms with Crippen LogP contribution in [0.1, 0.15) is 128 Å². The molecule has 4 rings (SSSR count). The third kappa shape index (κ3) is 16.4. The highest BCUT2D eigenvalue weighted by molar-refractivity contribution is 7.45. The largest absolute Gasteiger partial charge is 0.756 e. The number of unbranched alkanes of at least 4 members (excludes halogenated alkanes) is 14. The van der Waals surface area contributed by atoms with Crippen LogP contribution in [0.25, 0.3) is 32.3 Å². The van der Waals surface area contributed by atoms with E-state index in [4.69, 9.17) is 18.5 Å². The fraction of sp³-hybridized carbons (Fsp3) is 0.609. The Morgan fingerprint density at radius 3 is 1.80 bits per heavy atom. The van der Waals surface area contributed by atoms with Crippen LogP contribution in [0, 0.1) is 0 Å². The maximum atomic E-state index is 12.9. The van der Waals surface area contributed by atoms with Gasteiger partial charge in [0.05, 0.1) is 27.7 Å². The van der Waals surface area contributed by atoms with Crippen molar-refractivity contribution in [2.45, 2.75) is 135 Å². The number of quaternary nitrogens is 1. The first-order valence-electron chi connectivity index (χ1n) is 21.4. The predicted octanol–water partition coefficient (Wildman–Crippen LogP) is 10.8. The molecule has 0 saturated heterocycles. The summed E-state index contributed by atoms with van der Waals surface area (Å²) in [5.41, 5.74) is 1.29. The Kier molecular flexibility index (Phi) is 19.5. The van der Waals surface area contributed by atoms with Crippen LogP contribution in [0.3, 0.4) is 0 Å². The normalized spacial score (nSPS) is 13.7. The summed E-state index contributed by atoms with van der Waals surface area (Å²) in [5.74, 6) is -0.883. The molecule has 0 amide bonds. The number of hydrogen-bond donors (Lipinski definition) is 0. The fourth-order valence-electron chi connectivity index (χ4n) is 7.32. The molecule has 4 aromatic carbocycles. The van der Waals surface area contributed by atoms with Crippen molar-refractivity contribution in [1.82, 2.24) is 0 Å². The van der Waals surface area contributed by atoms with Crippen molar-refractivity contribution in [3.05, 3.63) is 60.2 Å². The zero-order chi connectivity index (χ0) is 40.2. The monoisotopic (exact) mass is 793 g/mol. The number of rotatable bonds is 30. The van der Waals surface area contributed by atoms with Gasteiger partial charge in [-0.2, -0.15) is 0 Å². The molecule has 0 heterocycles. The number of aryl methyl sites for hydroxylation is 1. The number of nitrogens with zero attached hydrogens (tertiary/aromatic N) is 1. The first kappa shape index (κ1) is 45.6. The lowest BCUT2D eigenvalue weighted by atomic mass is 9.90. The Bertz CT molecular complexity index is 1790. The summed E-state index contributed by atoms with van der Waals surface area (Å²) in [4.78, 5) is 37.9. The van der Waals surface area contributed by atoms with E-state index in [1.807, 2.05) is 21.1 Å². The number of carbonyl (C=O) groups is 2. The highest BCUT2D eigenvalue weighted by Crippen LogP contribution is 2.39. The number of carbonyl (C=O) groups excluding carboxylic acids is 2. The van der Waals surface area contributed by atoms with Crippen LogP contribution in [-0.2, 0) is 39.1 Å². The summed E-state index contributed by atoms with van der Waals surface area (Å²) in [7, 11) is 1.12. The lowest BCUT2D eigenvalue weighted by Gasteiger charge is -2.28. The van der Waals surface area contributed by atoms with Gasteiger partial charge in [-0.3, -0.25) is 14.2 Å². The number of phosphoric ester groups is 1. The van der Waals surface area contributed by atoms with Crippen molar-refractivity contribution in [2.24, 2.45) is 0 Å². The van der Waals surface area contributed by atoms with Gasteiger partial charge in [0.2, 0.25) is 0 Å². The molecule has 0 aliphatic carbocycles. The van der Waals surface area contributed by atoms with Crippen LogP contribution in [-0.4, -0.2) is 70.0 Å². The van der Waals surface area contributed by atoms with Crippen LogP contribution in [0.15, 0.2) is 54.6 Å². The molecule has 0 spiro atoms. The topological polar surface area (TPSA) is 111 Å². The van der Waals surface area contributed by atoms with Crippen LogP contribution in [0.2, 0.25) is 0 Å². The van der Waals surface area contributed by atoms with Gasteiger partial charge >= 0.3 is 11.9 Å². The van der Waals surface area contributed by atoms with Gasteiger partial charge in [-0.1, -0.05) is 145 Å². The average Bonchev–Trinajstić information content (AvgIpc) is 3.16. The van der Waals surface area contributed by atoms with Gasteiger partial charge in [0.1, 0.15) is 19.8 Å². The molecule has 10 heteroatoms. The number of phosphoric acid groups is 1. The fourth-order valence-corrected chi connectivity index (χ4v) is 8.05. The Balaban J connectivity index is 1.17. The van der Waals surface area contributed by atoms with Crippen molar-refractivity contribution in [2.75, 3.05) is 47.5 Å². The highest BCUT2D eigenvalue weighted by atomic mass is 31.2. The molecule has 0 saturated carbocycles. The molecular formula is C46H68NO8P. The molecule has 4 aromatic rings. The molecule has 0 bridgehead atoms. The minimum absolute atomic E-state index is 0.0442. The van der Waals surface area contributed by atoms with E-state index >= 15 is 0 Å². The summed E-state index contributed by atoms with van der Waals surface area (Å²) in [6, 6.07) is 19.6. The second kappa shape index (κ2) is 24.0. The van der Waals surface area contributed by atoms with Gasteiger partial charge in [-0.05, 0) is 63.6 Å². The maximum absolute atomic E-state index is 12.9. The lowest BCUT2D eigenvalue weighted by molar-refractivity contribution is -0.870. The first-order chi connectivity index (χ1) is 27.0. The summed E-state index contributed by atoms with van der Waals surface area (Å²) in [6.45, 7) is 1.89. The molecule has 2 unspecified atom stereocenters. The van der Waals surface area contributed by atoms with E-state index in [2.05, 4.69) is 61.5 Å². The first-order valence-corrected chi connectivity index (χ1v) is 22.8. The molecular weight excluding hydrogens is 725 g/mol. The average molecular weight is 794 g/mol. The molecule has 0 radical (unpaired) electrons. The lowest BCUT2D eigenvalue weighted by Crippen LogP contribution is -2.37. The predicted molar refractivity (Wildman–Crippen MR) is 226 cm³/mol. The van der Waals surface area contributed by atoms with Crippen molar-refractivity contribution >= 4 is 52.1 Å². The van der Waals surface area contributed by atoms with Crippen LogP contribution >= 0.6 is 7.82 Å². The number of hydrogen-bond acceptors (Lipinski definition) is 8. The second-order valence-electron chi connectivity index (χ2n) is 16.5. The van der Waals surface area contributed by atoms with E-state index in [0.717, 1.165) is 38.5 Å². The van der Waals surface area contributed by atoms with Gasteiger partial charge in [-0.25, -0.2) is 0 Å². The van der Waals surface area contributed by atoms with Gasteiger partial charge in [0.15, 0.2) is 6.10 Å². The molecule has 2 atom stereocenters. The Morgan fingerprint density at radius 2 is 1.18 bits per heavy atom. The SMILES string of the molecule is CCCCCCCCCCCCCCCC(=O)OCC(COP(=O)([O-])OCC[N+](C)(C)C)OC(=O)CCCCCc1ccc2ccc3cccc4ccc1c2c34. The number of ether oxygens (including phenoxy) is 2. The van der Waals surface area contributed by atoms with Gasteiger partial charge in [0.25, 0.3) is 7.82 Å². The van der Waals surface area contributed by atoms with E-state index in [9.17, 15) is 19.0 Å². The molecule has 56 heavy (non-hydrogen) atoms. The van der Waals surface area contributed by atoms with Crippen LogP contribution in [0.4, 0.5) is 0 Å². The standard InChI is InChI=1S/C46H68NO8P/c1-5-6-7-8-9-10-11-12-13-14-15-16-19-25-43(48)52-35-41(36-54-56(50,51)53-34-33-47(2,3)4)55-44(49)26-20-17-18-22-37-27-28-40-30-29-38-23-21-24-39-31-32-42(37)46(40)45(38)39/h21,23-24,27-32,41H,5-20,22,25-26,33-36H2,1-4H3.